The summed E-state index contributed by atoms with van der Waals surface area (Å²) in [7, 11) is 1.71. The Hall–Kier alpha value is -1.63. The van der Waals surface area contributed by atoms with Gasteiger partial charge in [0.1, 0.15) is 0 Å². The first-order chi connectivity index (χ1) is 11.6. The van der Waals surface area contributed by atoms with Gasteiger partial charge in [0.2, 0.25) is 0 Å². The molecule has 0 aromatic heterocycles. The lowest BCUT2D eigenvalue weighted by atomic mass is 9.97. The average molecular weight is 354 g/mol. The molecule has 6 nitrogen and oxygen atoms in total. The molecule has 0 spiro atoms. The van der Waals surface area contributed by atoms with E-state index in [2.05, 4.69) is 15.5 Å². The number of likely N-dealkylation sites (tertiary alicyclic amines) is 1. The minimum atomic E-state index is -0.671. The van der Waals surface area contributed by atoms with E-state index in [1.807, 2.05) is 0 Å². The molecule has 2 N–H and O–H groups in total. The van der Waals surface area contributed by atoms with Crippen LogP contribution in [0.25, 0.3) is 0 Å². The van der Waals surface area contributed by atoms with E-state index in [1.54, 1.807) is 31.4 Å². The normalized spacial score (nSPS) is 15.9. The van der Waals surface area contributed by atoms with Gasteiger partial charge in [0.05, 0.1) is 6.61 Å². The van der Waals surface area contributed by atoms with E-state index in [-0.39, 0.29) is 0 Å². The third-order valence-corrected chi connectivity index (χ3v) is 4.39. The number of anilines is 1. The topological polar surface area (TPSA) is 70.7 Å². The van der Waals surface area contributed by atoms with E-state index < -0.39 is 11.8 Å². The molecule has 1 aromatic carbocycles. The third-order valence-electron chi connectivity index (χ3n) is 4.16. The van der Waals surface area contributed by atoms with Crippen molar-refractivity contribution in [2.24, 2.45) is 5.92 Å². The third kappa shape index (κ3) is 6.11. The molecular formula is C17H24ClN3O3. The van der Waals surface area contributed by atoms with Crippen LogP contribution in [-0.4, -0.2) is 56.6 Å². The molecule has 7 heteroatoms. The first-order valence-corrected chi connectivity index (χ1v) is 8.52. The number of rotatable bonds is 6. The smallest absolute Gasteiger partial charge is 0.313 e. The maximum atomic E-state index is 11.9. The van der Waals surface area contributed by atoms with Crippen LogP contribution in [0.1, 0.15) is 12.8 Å². The van der Waals surface area contributed by atoms with Crippen molar-refractivity contribution in [3.05, 3.63) is 29.3 Å². The highest BCUT2D eigenvalue weighted by Gasteiger charge is 2.21. The van der Waals surface area contributed by atoms with Crippen molar-refractivity contribution in [2.75, 3.05) is 45.2 Å². The zero-order valence-corrected chi connectivity index (χ0v) is 14.6. The SMILES string of the molecule is COCCN1CCC(CNC(=O)C(=O)Nc2cccc(Cl)c2)CC1. The number of carbonyl (C=O) groups is 2. The van der Waals surface area contributed by atoms with Crippen molar-refractivity contribution >= 4 is 29.1 Å². The molecule has 0 radical (unpaired) electrons. The highest BCUT2D eigenvalue weighted by molar-refractivity contribution is 6.39. The first-order valence-electron chi connectivity index (χ1n) is 8.14. The van der Waals surface area contributed by atoms with Crippen LogP contribution in [0, 0.1) is 5.92 Å². The van der Waals surface area contributed by atoms with E-state index >= 15 is 0 Å². The number of methoxy groups -OCH3 is 1. The van der Waals surface area contributed by atoms with Gasteiger partial charge in [-0.3, -0.25) is 9.59 Å². The minimum Gasteiger partial charge on any atom is -0.383 e. The molecular weight excluding hydrogens is 330 g/mol. The fourth-order valence-corrected chi connectivity index (χ4v) is 2.90. The summed E-state index contributed by atoms with van der Waals surface area (Å²) >= 11 is 5.85. The van der Waals surface area contributed by atoms with Crippen molar-refractivity contribution in [1.82, 2.24) is 10.2 Å². The summed E-state index contributed by atoms with van der Waals surface area (Å²) in [4.78, 5) is 26.1. The Morgan fingerprint density at radius 3 is 2.71 bits per heavy atom. The Morgan fingerprint density at radius 1 is 1.29 bits per heavy atom. The molecule has 0 unspecified atom stereocenters. The van der Waals surface area contributed by atoms with Gasteiger partial charge in [0.25, 0.3) is 0 Å². The Bertz CT molecular complexity index is 560. The molecule has 132 valence electrons. The number of nitrogens with one attached hydrogen (secondary N) is 2. The number of hydrogen-bond acceptors (Lipinski definition) is 4. The van der Waals surface area contributed by atoms with Crippen molar-refractivity contribution in [3.8, 4) is 0 Å². The quantitative estimate of drug-likeness (QED) is 0.764. The molecule has 24 heavy (non-hydrogen) atoms. The summed E-state index contributed by atoms with van der Waals surface area (Å²) < 4.78 is 5.08. The second-order valence-corrected chi connectivity index (χ2v) is 6.39. The molecule has 0 aliphatic carbocycles. The Balaban J connectivity index is 1.68. The second-order valence-electron chi connectivity index (χ2n) is 5.95. The number of nitrogens with zero attached hydrogens (tertiary/aromatic N) is 1. The number of ether oxygens (including phenoxy) is 1. The second kappa shape index (κ2) is 9.61. The van der Waals surface area contributed by atoms with Gasteiger partial charge < -0.3 is 20.3 Å². The summed E-state index contributed by atoms with van der Waals surface area (Å²) in [6.07, 6.45) is 2.03. The zero-order valence-electron chi connectivity index (χ0n) is 13.9. The van der Waals surface area contributed by atoms with Crippen LogP contribution in [0.2, 0.25) is 5.02 Å². The molecule has 1 saturated heterocycles. The molecule has 1 heterocycles. The number of amides is 2. The zero-order chi connectivity index (χ0) is 17.4. The van der Waals surface area contributed by atoms with Crippen LogP contribution < -0.4 is 10.6 Å². The number of carbonyl (C=O) groups excluding carboxylic acids is 2. The van der Waals surface area contributed by atoms with Gasteiger partial charge in [-0.25, -0.2) is 0 Å². The maximum absolute atomic E-state index is 11.9. The first kappa shape index (κ1) is 18.7. The van der Waals surface area contributed by atoms with Crippen molar-refractivity contribution in [3.63, 3.8) is 0 Å². The summed E-state index contributed by atoms with van der Waals surface area (Å²) in [5, 5.41) is 5.77. The van der Waals surface area contributed by atoms with Gasteiger partial charge in [0, 0.05) is 30.9 Å². The molecule has 0 atom stereocenters. The largest absolute Gasteiger partial charge is 0.383 e. The van der Waals surface area contributed by atoms with Crippen molar-refractivity contribution < 1.29 is 14.3 Å². The highest BCUT2D eigenvalue weighted by Crippen LogP contribution is 2.16. The van der Waals surface area contributed by atoms with E-state index in [4.69, 9.17) is 16.3 Å². The van der Waals surface area contributed by atoms with Crippen LogP contribution in [0.4, 0.5) is 5.69 Å². The molecule has 1 fully saturated rings. The lowest BCUT2D eigenvalue weighted by molar-refractivity contribution is -0.136. The average Bonchev–Trinajstić information content (AvgIpc) is 2.58. The lowest BCUT2D eigenvalue weighted by Gasteiger charge is -2.31. The number of piperidine rings is 1. The Kier molecular flexibility index (Phi) is 7.49. The van der Waals surface area contributed by atoms with E-state index in [9.17, 15) is 9.59 Å². The Morgan fingerprint density at radius 2 is 2.04 bits per heavy atom. The van der Waals surface area contributed by atoms with Crippen molar-refractivity contribution in [1.29, 1.82) is 0 Å². The van der Waals surface area contributed by atoms with Gasteiger partial charge in [-0.05, 0) is 50.0 Å². The van der Waals surface area contributed by atoms with E-state index in [0.717, 1.165) is 39.1 Å². The van der Waals surface area contributed by atoms with Gasteiger partial charge >= 0.3 is 11.8 Å². The fraction of sp³-hybridized carbons (Fsp3) is 0.529. The predicted octanol–water partition coefficient (Wildman–Crippen LogP) is 1.75. The van der Waals surface area contributed by atoms with Crippen LogP contribution in [0.15, 0.2) is 24.3 Å². The van der Waals surface area contributed by atoms with Crippen molar-refractivity contribution in [2.45, 2.75) is 12.8 Å². The predicted molar refractivity (Wildman–Crippen MR) is 94.1 cm³/mol. The number of halogens is 1. The van der Waals surface area contributed by atoms with Gasteiger partial charge in [0.15, 0.2) is 0 Å². The fourth-order valence-electron chi connectivity index (χ4n) is 2.71. The van der Waals surface area contributed by atoms with E-state index in [1.165, 1.54) is 0 Å². The molecule has 0 bridgehead atoms. The van der Waals surface area contributed by atoms with Crippen LogP contribution in [0.3, 0.4) is 0 Å². The highest BCUT2D eigenvalue weighted by atomic mass is 35.5. The summed E-state index contributed by atoms with van der Waals surface area (Å²) in [5.41, 5.74) is 0.508. The van der Waals surface area contributed by atoms with Crippen LogP contribution >= 0.6 is 11.6 Å². The summed E-state index contributed by atoms with van der Waals surface area (Å²) in [6.45, 7) is 4.21. The lowest BCUT2D eigenvalue weighted by Crippen LogP contribution is -2.42. The molecule has 1 aromatic rings. The Labute approximate surface area is 147 Å². The molecule has 1 aliphatic heterocycles. The monoisotopic (exact) mass is 353 g/mol. The van der Waals surface area contributed by atoms with Gasteiger partial charge in [-0.2, -0.15) is 0 Å². The van der Waals surface area contributed by atoms with Gasteiger partial charge in [-0.1, -0.05) is 17.7 Å². The molecule has 2 amide bonds. The number of benzene rings is 1. The van der Waals surface area contributed by atoms with Crippen LogP contribution in [0.5, 0.6) is 0 Å². The maximum Gasteiger partial charge on any atom is 0.313 e. The van der Waals surface area contributed by atoms with E-state index in [0.29, 0.717) is 23.2 Å². The molecule has 0 saturated carbocycles. The standard InChI is InChI=1S/C17H24ClN3O3/c1-24-10-9-21-7-5-13(6-8-21)12-19-16(22)17(23)20-15-4-2-3-14(18)11-15/h2-4,11,13H,5-10,12H2,1H3,(H,19,22)(H,20,23). The number of hydrogen-bond donors (Lipinski definition) is 2. The summed E-state index contributed by atoms with van der Waals surface area (Å²) in [6, 6.07) is 6.71. The van der Waals surface area contributed by atoms with Gasteiger partial charge in [-0.15, -0.1) is 0 Å². The summed E-state index contributed by atoms with van der Waals surface area (Å²) in [5.74, 6) is -0.877. The van der Waals surface area contributed by atoms with Crippen LogP contribution in [-0.2, 0) is 14.3 Å². The minimum absolute atomic E-state index is 0.409. The molecule has 2 rings (SSSR count). The molecule has 1 aliphatic rings.